The van der Waals surface area contributed by atoms with Crippen LogP contribution in [-0.4, -0.2) is 81.7 Å². The van der Waals surface area contributed by atoms with E-state index in [0.29, 0.717) is 0 Å². The SMILES string of the molecule is CC(C)C(NC(=O)C(CO)NC(=O)C(CC(=O)O)NC(=O)C(N)CCC(N)=O)C(=O)O. The Balaban J connectivity index is 5.24. The molecule has 0 aliphatic carbocycles. The number of carboxylic acid groups (broad SMARTS) is 2. The molecule has 0 radical (unpaired) electrons. The Kier molecular flexibility index (Phi) is 11.7. The van der Waals surface area contributed by atoms with Gasteiger partial charge in [-0.2, -0.15) is 0 Å². The summed E-state index contributed by atoms with van der Waals surface area (Å²) < 4.78 is 0. The Bertz CT molecular complexity index is 697. The van der Waals surface area contributed by atoms with E-state index in [1.807, 2.05) is 0 Å². The van der Waals surface area contributed by atoms with Gasteiger partial charge >= 0.3 is 11.9 Å². The summed E-state index contributed by atoms with van der Waals surface area (Å²) in [6, 6.07) is -5.82. The number of hydrogen-bond acceptors (Lipinski definition) is 8. The van der Waals surface area contributed by atoms with Gasteiger partial charge in [0.15, 0.2) is 0 Å². The molecule has 0 aliphatic heterocycles. The molecule has 0 saturated heterocycles. The quantitative estimate of drug-likeness (QED) is 0.129. The van der Waals surface area contributed by atoms with Crippen LogP contribution in [-0.2, 0) is 28.8 Å². The van der Waals surface area contributed by atoms with Gasteiger partial charge < -0.3 is 42.7 Å². The van der Waals surface area contributed by atoms with Crippen molar-refractivity contribution in [3.63, 3.8) is 0 Å². The molecule has 0 rings (SSSR count). The van der Waals surface area contributed by atoms with Gasteiger partial charge in [0, 0.05) is 6.42 Å². The van der Waals surface area contributed by atoms with Crippen molar-refractivity contribution in [2.24, 2.45) is 17.4 Å². The van der Waals surface area contributed by atoms with Crippen molar-refractivity contribution < 1.29 is 44.1 Å². The molecule has 4 atom stereocenters. The molecule has 0 bridgehead atoms. The molecule has 0 spiro atoms. The molecule has 14 heteroatoms. The normalized spacial score (nSPS) is 14.6. The molecule has 0 aromatic heterocycles. The van der Waals surface area contributed by atoms with Crippen LogP contribution < -0.4 is 27.4 Å². The number of hydrogen-bond donors (Lipinski definition) is 8. The van der Waals surface area contributed by atoms with Crippen LogP contribution in [0.5, 0.6) is 0 Å². The maximum Gasteiger partial charge on any atom is 0.326 e. The molecule has 176 valence electrons. The van der Waals surface area contributed by atoms with Crippen molar-refractivity contribution >= 4 is 35.6 Å². The summed E-state index contributed by atoms with van der Waals surface area (Å²) in [7, 11) is 0. The van der Waals surface area contributed by atoms with Crippen LogP contribution in [0.25, 0.3) is 0 Å². The first-order valence-corrected chi connectivity index (χ1v) is 9.30. The lowest BCUT2D eigenvalue weighted by Crippen LogP contribution is -2.58. The number of aliphatic carboxylic acids is 2. The number of amides is 4. The number of carbonyl (C=O) groups is 6. The van der Waals surface area contributed by atoms with E-state index in [-0.39, 0.29) is 12.8 Å². The molecule has 10 N–H and O–H groups in total. The Morgan fingerprint density at radius 2 is 1.39 bits per heavy atom. The maximum absolute atomic E-state index is 12.4. The lowest BCUT2D eigenvalue weighted by atomic mass is 10.0. The van der Waals surface area contributed by atoms with Crippen LogP contribution in [0.2, 0.25) is 0 Å². The van der Waals surface area contributed by atoms with Crippen LogP contribution in [0.3, 0.4) is 0 Å². The van der Waals surface area contributed by atoms with Crippen molar-refractivity contribution in [3.05, 3.63) is 0 Å². The highest BCUT2D eigenvalue weighted by atomic mass is 16.4. The fourth-order valence-electron chi connectivity index (χ4n) is 2.33. The van der Waals surface area contributed by atoms with Gasteiger partial charge in [-0.15, -0.1) is 0 Å². The minimum Gasteiger partial charge on any atom is -0.481 e. The average Bonchev–Trinajstić information content (AvgIpc) is 2.66. The smallest absolute Gasteiger partial charge is 0.326 e. The van der Waals surface area contributed by atoms with Crippen LogP contribution in [0.4, 0.5) is 0 Å². The predicted molar refractivity (Wildman–Crippen MR) is 104 cm³/mol. The molecular formula is C17H29N5O9. The van der Waals surface area contributed by atoms with Gasteiger partial charge in [-0.3, -0.25) is 24.0 Å². The van der Waals surface area contributed by atoms with Gasteiger partial charge in [0.2, 0.25) is 23.6 Å². The second-order valence-corrected chi connectivity index (χ2v) is 7.08. The van der Waals surface area contributed by atoms with E-state index in [0.717, 1.165) is 0 Å². The van der Waals surface area contributed by atoms with Crippen LogP contribution >= 0.6 is 0 Å². The number of carboxylic acids is 2. The highest BCUT2D eigenvalue weighted by molar-refractivity contribution is 5.95. The summed E-state index contributed by atoms with van der Waals surface area (Å²) in [6.07, 6.45) is -1.22. The van der Waals surface area contributed by atoms with E-state index in [4.69, 9.17) is 21.7 Å². The van der Waals surface area contributed by atoms with Crippen LogP contribution in [0.1, 0.15) is 33.1 Å². The van der Waals surface area contributed by atoms with E-state index in [1.165, 1.54) is 13.8 Å². The van der Waals surface area contributed by atoms with Crippen LogP contribution in [0.15, 0.2) is 0 Å². The fraction of sp³-hybridized carbons (Fsp3) is 0.647. The Morgan fingerprint density at radius 1 is 0.871 bits per heavy atom. The van der Waals surface area contributed by atoms with Crippen molar-refractivity contribution in [2.75, 3.05) is 6.61 Å². The van der Waals surface area contributed by atoms with E-state index in [2.05, 4.69) is 16.0 Å². The lowest BCUT2D eigenvalue weighted by molar-refractivity contribution is -0.144. The third kappa shape index (κ3) is 10.4. The maximum atomic E-state index is 12.4. The van der Waals surface area contributed by atoms with Crippen molar-refractivity contribution in [3.8, 4) is 0 Å². The first kappa shape index (κ1) is 27.7. The molecule has 0 saturated carbocycles. The zero-order valence-electron chi connectivity index (χ0n) is 17.2. The molecule has 0 heterocycles. The third-order valence-corrected chi connectivity index (χ3v) is 4.10. The fourth-order valence-corrected chi connectivity index (χ4v) is 2.33. The largest absolute Gasteiger partial charge is 0.481 e. The first-order chi connectivity index (χ1) is 14.3. The van der Waals surface area contributed by atoms with Gasteiger partial charge in [-0.1, -0.05) is 13.8 Å². The molecule has 0 aliphatic rings. The highest BCUT2D eigenvalue weighted by Gasteiger charge is 2.31. The molecular weight excluding hydrogens is 418 g/mol. The van der Waals surface area contributed by atoms with E-state index in [9.17, 15) is 33.9 Å². The number of nitrogens with one attached hydrogen (secondary N) is 3. The lowest BCUT2D eigenvalue weighted by Gasteiger charge is -2.24. The molecule has 0 aromatic rings. The Hall–Kier alpha value is -3.26. The Labute approximate surface area is 177 Å². The number of primary amides is 1. The molecule has 31 heavy (non-hydrogen) atoms. The summed E-state index contributed by atoms with van der Waals surface area (Å²) in [5.74, 6) is -7.06. The van der Waals surface area contributed by atoms with Crippen molar-refractivity contribution in [1.82, 2.24) is 16.0 Å². The number of carbonyl (C=O) groups excluding carboxylic acids is 4. The van der Waals surface area contributed by atoms with Crippen molar-refractivity contribution in [2.45, 2.75) is 57.3 Å². The average molecular weight is 447 g/mol. The second-order valence-electron chi connectivity index (χ2n) is 7.08. The molecule has 4 unspecified atom stereocenters. The number of rotatable bonds is 14. The van der Waals surface area contributed by atoms with E-state index in [1.54, 1.807) is 0 Å². The minimum atomic E-state index is -1.66. The predicted octanol–water partition coefficient (Wildman–Crippen LogP) is -3.76. The number of nitrogens with two attached hydrogens (primary N) is 2. The summed E-state index contributed by atoms with van der Waals surface area (Å²) in [4.78, 5) is 69.8. The summed E-state index contributed by atoms with van der Waals surface area (Å²) >= 11 is 0. The topological polar surface area (TPSA) is 251 Å². The molecule has 0 aromatic carbocycles. The van der Waals surface area contributed by atoms with E-state index < -0.39 is 78.7 Å². The standard InChI is InChI=1S/C17H29N5O9/c1-7(2)13(17(30)31)22-16(29)10(6-23)21-15(28)9(5-12(25)26)20-14(27)8(18)3-4-11(19)24/h7-10,13,23H,3-6,18H2,1-2H3,(H2,19,24)(H,20,27)(H,21,28)(H,22,29)(H,25,26)(H,30,31). The third-order valence-electron chi connectivity index (χ3n) is 4.10. The summed E-state index contributed by atoms with van der Waals surface area (Å²) in [6.45, 7) is 2.14. The summed E-state index contributed by atoms with van der Waals surface area (Å²) in [5.41, 5.74) is 10.5. The van der Waals surface area contributed by atoms with Gasteiger partial charge in [-0.05, 0) is 12.3 Å². The van der Waals surface area contributed by atoms with Crippen LogP contribution in [0, 0.1) is 5.92 Å². The van der Waals surface area contributed by atoms with E-state index >= 15 is 0 Å². The number of aliphatic hydroxyl groups is 1. The number of aliphatic hydroxyl groups excluding tert-OH is 1. The molecule has 14 nitrogen and oxygen atoms in total. The second kappa shape index (κ2) is 13.1. The van der Waals surface area contributed by atoms with Gasteiger partial charge in [0.1, 0.15) is 18.1 Å². The van der Waals surface area contributed by atoms with Gasteiger partial charge in [0.25, 0.3) is 0 Å². The summed E-state index contributed by atoms with van der Waals surface area (Å²) in [5, 5.41) is 33.8. The van der Waals surface area contributed by atoms with Crippen molar-refractivity contribution in [1.29, 1.82) is 0 Å². The molecule has 0 fully saturated rings. The highest BCUT2D eigenvalue weighted by Crippen LogP contribution is 2.03. The zero-order chi connectivity index (χ0) is 24.3. The Morgan fingerprint density at radius 3 is 1.81 bits per heavy atom. The first-order valence-electron chi connectivity index (χ1n) is 9.30. The van der Waals surface area contributed by atoms with Gasteiger partial charge in [0.05, 0.1) is 19.1 Å². The minimum absolute atomic E-state index is 0.143. The monoisotopic (exact) mass is 447 g/mol. The molecule has 4 amide bonds. The zero-order valence-corrected chi connectivity index (χ0v) is 17.2. The van der Waals surface area contributed by atoms with Gasteiger partial charge in [-0.25, -0.2) is 4.79 Å².